The Kier molecular flexibility index (Phi) is 3.97. The van der Waals surface area contributed by atoms with Gasteiger partial charge in [0.25, 0.3) is 0 Å². The summed E-state index contributed by atoms with van der Waals surface area (Å²) < 4.78 is 11.3. The molecule has 4 nitrogen and oxygen atoms in total. The van der Waals surface area contributed by atoms with Crippen LogP contribution in [-0.2, 0) is 9.47 Å². The van der Waals surface area contributed by atoms with Crippen molar-refractivity contribution in [3.63, 3.8) is 0 Å². The molecule has 2 aliphatic rings. The van der Waals surface area contributed by atoms with E-state index in [9.17, 15) is 0 Å². The average molecular weight is 214 g/mol. The van der Waals surface area contributed by atoms with Crippen molar-refractivity contribution in [1.82, 2.24) is 10.6 Å². The summed E-state index contributed by atoms with van der Waals surface area (Å²) >= 11 is 0. The Bertz CT molecular complexity index is 181. The molecule has 0 aliphatic carbocycles. The summed E-state index contributed by atoms with van der Waals surface area (Å²) in [6.07, 6.45) is 3.51. The largest absolute Gasteiger partial charge is 0.362 e. The van der Waals surface area contributed by atoms with Gasteiger partial charge < -0.3 is 9.47 Å². The minimum Gasteiger partial charge on any atom is -0.362 e. The van der Waals surface area contributed by atoms with Gasteiger partial charge in [-0.25, -0.2) is 0 Å². The molecule has 0 aromatic rings. The van der Waals surface area contributed by atoms with Crippen LogP contribution < -0.4 is 10.6 Å². The van der Waals surface area contributed by atoms with Crippen LogP contribution in [0.25, 0.3) is 0 Å². The molecule has 2 saturated heterocycles. The van der Waals surface area contributed by atoms with E-state index in [4.69, 9.17) is 9.47 Å². The van der Waals surface area contributed by atoms with E-state index in [0.29, 0.717) is 12.1 Å². The minimum absolute atomic E-state index is 0.169. The summed E-state index contributed by atoms with van der Waals surface area (Å²) in [6.45, 7) is 6.04. The van der Waals surface area contributed by atoms with Gasteiger partial charge in [-0.1, -0.05) is 13.8 Å². The summed E-state index contributed by atoms with van der Waals surface area (Å²) in [7, 11) is 0. The standard InChI is InChI=1S/C11H22N2O2/c1-3-8-6-14-10(12-8)5-11-13-9(4-2)7-15-11/h8-13H,3-7H2,1-2H3/t8-,9-,10?,11?/m1/s1. The molecule has 2 fully saturated rings. The SMILES string of the molecule is CC[C@@H]1COC(CC2N[C@H](CC)CO2)N1. The lowest BCUT2D eigenvalue weighted by atomic mass is 10.2. The monoisotopic (exact) mass is 214 g/mol. The second-order valence-electron chi connectivity index (χ2n) is 4.42. The average Bonchev–Trinajstić information content (AvgIpc) is 2.87. The van der Waals surface area contributed by atoms with Gasteiger partial charge in [-0.15, -0.1) is 0 Å². The van der Waals surface area contributed by atoms with Crippen LogP contribution >= 0.6 is 0 Å². The first-order valence-corrected chi connectivity index (χ1v) is 6.07. The molecule has 0 aromatic carbocycles. The fourth-order valence-corrected chi connectivity index (χ4v) is 2.12. The molecule has 2 aliphatic heterocycles. The molecule has 2 rings (SSSR count). The zero-order valence-electron chi connectivity index (χ0n) is 9.66. The van der Waals surface area contributed by atoms with Gasteiger partial charge in [0.1, 0.15) is 12.5 Å². The van der Waals surface area contributed by atoms with Gasteiger partial charge in [0.2, 0.25) is 0 Å². The predicted molar refractivity (Wildman–Crippen MR) is 58.5 cm³/mol. The van der Waals surface area contributed by atoms with Crippen molar-refractivity contribution in [2.24, 2.45) is 0 Å². The molecule has 2 unspecified atom stereocenters. The molecular formula is C11H22N2O2. The molecule has 2 heterocycles. The van der Waals surface area contributed by atoms with Crippen molar-refractivity contribution in [3.8, 4) is 0 Å². The molecule has 15 heavy (non-hydrogen) atoms. The Labute approximate surface area is 91.7 Å². The third-order valence-corrected chi connectivity index (χ3v) is 3.25. The first kappa shape index (κ1) is 11.3. The number of rotatable bonds is 4. The molecule has 0 bridgehead atoms. The Morgan fingerprint density at radius 1 is 0.933 bits per heavy atom. The zero-order chi connectivity index (χ0) is 10.7. The third kappa shape index (κ3) is 2.91. The Hall–Kier alpha value is -0.160. The minimum atomic E-state index is 0.169. The summed E-state index contributed by atoms with van der Waals surface area (Å²) in [5.74, 6) is 0. The molecule has 0 radical (unpaired) electrons. The van der Waals surface area contributed by atoms with E-state index in [1.807, 2.05) is 0 Å². The molecular weight excluding hydrogens is 192 g/mol. The highest BCUT2D eigenvalue weighted by atomic mass is 16.5. The van der Waals surface area contributed by atoms with Crippen LogP contribution in [-0.4, -0.2) is 37.8 Å². The zero-order valence-corrected chi connectivity index (χ0v) is 9.66. The van der Waals surface area contributed by atoms with Crippen LogP contribution in [0.5, 0.6) is 0 Å². The van der Waals surface area contributed by atoms with E-state index in [1.54, 1.807) is 0 Å². The molecule has 2 N–H and O–H groups in total. The maximum Gasteiger partial charge on any atom is 0.112 e. The topological polar surface area (TPSA) is 42.5 Å². The lowest BCUT2D eigenvalue weighted by molar-refractivity contribution is 0.0231. The van der Waals surface area contributed by atoms with Crippen molar-refractivity contribution in [1.29, 1.82) is 0 Å². The highest BCUT2D eigenvalue weighted by Crippen LogP contribution is 2.15. The Morgan fingerprint density at radius 2 is 1.40 bits per heavy atom. The molecule has 0 aromatic heterocycles. The van der Waals surface area contributed by atoms with Crippen LogP contribution in [0, 0.1) is 0 Å². The van der Waals surface area contributed by atoms with Gasteiger partial charge in [-0.2, -0.15) is 0 Å². The van der Waals surface area contributed by atoms with Gasteiger partial charge in [-0.05, 0) is 12.8 Å². The number of hydrogen-bond donors (Lipinski definition) is 2. The summed E-state index contributed by atoms with van der Waals surface area (Å²) in [6, 6.07) is 1.05. The third-order valence-electron chi connectivity index (χ3n) is 3.25. The summed E-state index contributed by atoms with van der Waals surface area (Å²) in [5.41, 5.74) is 0. The van der Waals surface area contributed by atoms with Crippen LogP contribution in [0.15, 0.2) is 0 Å². The fraction of sp³-hybridized carbons (Fsp3) is 1.00. The Balaban J connectivity index is 1.70. The first-order valence-electron chi connectivity index (χ1n) is 6.07. The van der Waals surface area contributed by atoms with Crippen molar-refractivity contribution >= 4 is 0 Å². The molecule has 0 saturated carbocycles. The smallest absolute Gasteiger partial charge is 0.112 e. The molecule has 4 atom stereocenters. The molecule has 4 heteroatoms. The van der Waals surface area contributed by atoms with E-state index >= 15 is 0 Å². The number of nitrogens with one attached hydrogen (secondary N) is 2. The van der Waals surface area contributed by atoms with Crippen molar-refractivity contribution in [2.45, 2.75) is 57.6 Å². The van der Waals surface area contributed by atoms with Gasteiger partial charge in [0.05, 0.1) is 13.2 Å². The number of ether oxygens (including phenoxy) is 2. The highest BCUT2D eigenvalue weighted by molar-refractivity contribution is 4.80. The normalized spacial score (nSPS) is 41.2. The van der Waals surface area contributed by atoms with Crippen LogP contribution in [0.3, 0.4) is 0 Å². The fourth-order valence-electron chi connectivity index (χ4n) is 2.12. The summed E-state index contributed by atoms with van der Waals surface area (Å²) in [5, 5.41) is 6.92. The van der Waals surface area contributed by atoms with Crippen molar-refractivity contribution in [2.75, 3.05) is 13.2 Å². The predicted octanol–water partition coefficient (Wildman–Crippen LogP) is 0.825. The van der Waals surface area contributed by atoms with E-state index in [2.05, 4.69) is 24.5 Å². The lowest BCUT2D eigenvalue weighted by Crippen LogP contribution is -2.37. The second kappa shape index (κ2) is 5.25. The molecule has 0 amide bonds. The molecule has 88 valence electrons. The maximum absolute atomic E-state index is 5.66. The van der Waals surface area contributed by atoms with Crippen LogP contribution in [0.4, 0.5) is 0 Å². The summed E-state index contributed by atoms with van der Waals surface area (Å²) in [4.78, 5) is 0. The number of hydrogen-bond acceptors (Lipinski definition) is 4. The van der Waals surface area contributed by atoms with E-state index < -0.39 is 0 Å². The van der Waals surface area contributed by atoms with Gasteiger partial charge in [-0.3, -0.25) is 10.6 Å². The van der Waals surface area contributed by atoms with E-state index in [1.165, 1.54) is 0 Å². The van der Waals surface area contributed by atoms with Crippen LogP contribution in [0.2, 0.25) is 0 Å². The second-order valence-corrected chi connectivity index (χ2v) is 4.42. The Morgan fingerprint density at radius 3 is 1.73 bits per heavy atom. The van der Waals surface area contributed by atoms with Crippen LogP contribution in [0.1, 0.15) is 33.1 Å². The highest BCUT2D eigenvalue weighted by Gasteiger charge is 2.29. The van der Waals surface area contributed by atoms with Gasteiger partial charge >= 0.3 is 0 Å². The van der Waals surface area contributed by atoms with Gasteiger partial charge in [0, 0.05) is 18.5 Å². The quantitative estimate of drug-likeness (QED) is 0.727. The lowest BCUT2D eigenvalue weighted by Gasteiger charge is -2.16. The van der Waals surface area contributed by atoms with E-state index in [-0.39, 0.29) is 12.5 Å². The first-order chi connectivity index (χ1) is 7.31. The molecule has 0 spiro atoms. The van der Waals surface area contributed by atoms with Gasteiger partial charge in [0.15, 0.2) is 0 Å². The van der Waals surface area contributed by atoms with E-state index in [0.717, 1.165) is 32.5 Å². The van der Waals surface area contributed by atoms with Crippen molar-refractivity contribution < 1.29 is 9.47 Å². The maximum atomic E-state index is 5.66. The van der Waals surface area contributed by atoms with Crippen molar-refractivity contribution in [3.05, 3.63) is 0 Å².